The van der Waals surface area contributed by atoms with Crippen LogP contribution in [-0.2, 0) is 14.3 Å². The molecule has 3 aliphatic carbocycles. The molecule has 1 aromatic carbocycles. The first-order valence-corrected chi connectivity index (χ1v) is 13.5. The molecule has 0 spiro atoms. The normalized spacial score (nSPS) is 37.4. The molecular formula is C29H42N2O4. The highest BCUT2D eigenvalue weighted by Gasteiger charge is 2.61. The molecule has 0 bridgehead atoms. The molecule has 2 N–H and O–H groups in total. The van der Waals surface area contributed by atoms with Crippen molar-refractivity contribution in [2.45, 2.75) is 85.1 Å². The third-order valence-corrected chi connectivity index (χ3v) is 9.98. The summed E-state index contributed by atoms with van der Waals surface area (Å²) in [5.41, 5.74) is 1.42. The topological polar surface area (TPSA) is 84.5 Å². The van der Waals surface area contributed by atoms with Crippen molar-refractivity contribution in [1.82, 2.24) is 5.32 Å². The number of amides is 2. The van der Waals surface area contributed by atoms with Gasteiger partial charge in [-0.25, -0.2) is 4.79 Å². The average molecular weight is 483 g/mol. The van der Waals surface area contributed by atoms with E-state index in [9.17, 15) is 14.4 Å². The fraction of sp³-hybridized carbons (Fsp3) is 0.690. The highest BCUT2D eigenvalue weighted by molar-refractivity contribution is 5.94. The van der Waals surface area contributed by atoms with Gasteiger partial charge in [0.25, 0.3) is 0 Å². The Morgan fingerprint density at radius 2 is 1.63 bits per heavy atom. The average Bonchev–Trinajstić information content (AvgIpc) is 3.23. The van der Waals surface area contributed by atoms with E-state index in [0.717, 1.165) is 50.6 Å². The van der Waals surface area contributed by atoms with Gasteiger partial charge in [0.05, 0.1) is 12.7 Å². The van der Waals surface area contributed by atoms with E-state index in [1.807, 2.05) is 13.8 Å². The van der Waals surface area contributed by atoms with Gasteiger partial charge in [0, 0.05) is 24.1 Å². The first kappa shape index (κ1) is 25.7. The second-order valence-electron chi connectivity index (χ2n) is 11.3. The molecule has 1 aromatic rings. The molecule has 6 nitrogen and oxygen atoms in total. The van der Waals surface area contributed by atoms with E-state index < -0.39 is 0 Å². The highest BCUT2D eigenvalue weighted by Crippen LogP contribution is 2.65. The Morgan fingerprint density at radius 3 is 2.31 bits per heavy atom. The number of hydrogen-bond donors (Lipinski definition) is 2. The van der Waals surface area contributed by atoms with Gasteiger partial charge in [-0.15, -0.1) is 0 Å². The molecule has 5 rings (SSSR count). The van der Waals surface area contributed by atoms with Gasteiger partial charge in [-0.05, 0) is 97.8 Å². The predicted octanol–water partition coefficient (Wildman–Crippen LogP) is 5.58. The summed E-state index contributed by atoms with van der Waals surface area (Å²) in [5.74, 6) is 1.82. The SMILES string of the molecule is CC.COC(=O)c1ccc(NC(=O)C2CCC3C4CCC5NC(=O)CCC5(C)C4CCC23C)cc1. The van der Waals surface area contributed by atoms with Gasteiger partial charge in [-0.1, -0.05) is 27.7 Å². The number of piperidine rings is 1. The van der Waals surface area contributed by atoms with Crippen molar-refractivity contribution < 1.29 is 19.1 Å². The minimum atomic E-state index is -0.378. The number of hydrogen-bond acceptors (Lipinski definition) is 4. The van der Waals surface area contributed by atoms with Crippen LogP contribution in [0.4, 0.5) is 5.69 Å². The highest BCUT2D eigenvalue weighted by atomic mass is 16.5. The van der Waals surface area contributed by atoms with Crippen LogP contribution in [0.15, 0.2) is 24.3 Å². The van der Waals surface area contributed by atoms with Crippen LogP contribution >= 0.6 is 0 Å². The number of nitrogens with one attached hydrogen (secondary N) is 2. The van der Waals surface area contributed by atoms with Crippen molar-refractivity contribution in [2.75, 3.05) is 12.4 Å². The Hall–Kier alpha value is -2.37. The molecule has 35 heavy (non-hydrogen) atoms. The number of carbonyl (C=O) groups excluding carboxylic acids is 3. The lowest BCUT2D eigenvalue weighted by atomic mass is 9.47. The van der Waals surface area contributed by atoms with E-state index in [0.29, 0.717) is 35.8 Å². The molecular weight excluding hydrogens is 440 g/mol. The van der Waals surface area contributed by atoms with Crippen LogP contribution in [0, 0.1) is 34.5 Å². The van der Waals surface area contributed by atoms with Crippen LogP contribution in [0.25, 0.3) is 0 Å². The predicted molar refractivity (Wildman–Crippen MR) is 137 cm³/mol. The van der Waals surface area contributed by atoms with E-state index >= 15 is 0 Å². The largest absolute Gasteiger partial charge is 0.465 e. The lowest BCUT2D eigenvalue weighted by Crippen LogP contribution is -2.61. The molecule has 1 aliphatic heterocycles. The molecule has 0 radical (unpaired) electrons. The maximum Gasteiger partial charge on any atom is 0.337 e. The van der Waals surface area contributed by atoms with Crippen LogP contribution in [0.3, 0.4) is 0 Å². The van der Waals surface area contributed by atoms with Gasteiger partial charge in [-0.3, -0.25) is 9.59 Å². The second-order valence-corrected chi connectivity index (χ2v) is 11.3. The molecule has 4 aliphatic rings. The van der Waals surface area contributed by atoms with Gasteiger partial charge in [0.1, 0.15) is 0 Å². The number of benzene rings is 1. The van der Waals surface area contributed by atoms with E-state index in [2.05, 4.69) is 24.5 Å². The number of anilines is 1. The van der Waals surface area contributed by atoms with E-state index in [1.54, 1.807) is 24.3 Å². The Balaban J connectivity index is 0.00000141. The zero-order valence-corrected chi connectivity index (χ0v) is 22.0. The molecule has 6 heteroatoms. The first-order valence-electron chi connectivity index (χ1n) is 13.5. The van der Waals surface area contributed by atoms with Gasteiger partial charge < -0.3 is 15.4 Å². The Kier molecular flexibility index (Phi) is 7.31. The minimum Gasteiger partial charge on any atom is -0.465 e. The fourth-order valence-corrected chi connectivity index (χ4v) is 8.17. The van der Waals surface area contributed by atoms with Gasteiger partial charge in [0.2, 0.25) is 11.8 Å². The summed E-state index contributed by atoms with van der Waals surface area (Å²) in [7, 11) is 1.36. The molecule has 192 valence electrons. The summed E-state index contributed by atoms with van der Waals surface area (Å²) >= 11 is 0. The summed E-state index contributed by atoms with van der Waals surface area (Å²) in [5, 5.41) is 6.42. The Labute approximate surface area is 210 Å². The lowest BCUT2D eigenvalue weighted by Gasteiger charge is -2.60. The van der Waals surface area contributed by atoms with Crippen molar-refractivity contribution >= 4 is 23.5 Å². The van der Waals surface area contributed by atoms with Crippen molar-refractivity contribution in [3.8, 4) is 0 Å². The number of ether oxygens (including phenoxy) is 1. The van der Waals surface area contributed by atoms with Gasteiger partial charge in [-0.2, -0.15) is 0 Å². The third kappa shape index (κ3) is 4.38. The van der Waals surface area contributed by atoms with Crippen molar-refractivity contribution in [2.24, 2.45) is 34.5 Å². The quantitative estimate of drug-likeness (QED) is 0.551. The zero-order chi connectivity index (χ0) is 25.4. The fourth-order valence-electron chi connectivity index (χ4n) is 8.17. The summed E-state index contributed by atoms with van der Waals surface area (Å²) in [6.07, 6.45) is 8.16. The second kappa shape index (κ2) is 9.94. The van der Waals surface area contributed by atoms with Crippen LogP contribution in [0.1, 0.15) is 89.4 Å². The third-order valence-electron chi connectivity index (χ3n) is 9.98. The van der Waals surface area contributed by atoms with Gasteiger partial charge in [0.15, 0.2) is 0 Å². The molecule has 4 fully saturated rings. The van der Waals surface area contributed by atoms with Crippen LogP contribution in [0.2, 0.25) is 0 Å². The smallest absolute Gasteiger partial charge is 0.337 e. The van der Waals surface area contributed by atoms with Gasteiger partial charge >= 0.3 is 5.97 Å². The number of rotatable bonds is 3. The van der Waals surface area contributed by atoms with Crippen molar-refractivity contribution in [3.63, 3.8) is 0 Å². The maximum atomic E-state index is 13.4. The maximum absolute atomic E-state index is 13.4. The van der Waals surface area contributed by atoms with E-state index in [1.165, 1.54) is 7.11 Å². The number of carbonyl (C=O) groups is 3. The Bertz CT molecular complexity index is 960. The summed E-state index contributed by atoms with van der Waals surface area (Å²) in [6.45, 7) is 8.76. The first-order chi connectivity index (χ1) is 16.8. The zero-order valence-electron chi connectivity index (χ0n) is 22.0. The van der Waals surface area contributed by atoms with Crippen molar-refractivity contribution in [1.29, 1.82) is 0 Å². The molecule has 3 saturated carbocycles. The molecule has 1 heterocycles. The molecule has 2 amide bonds. The van der Waals surface area contributed by atoms with Crippen molar-refractivity contribution in [3.05, 3.63) is 29.8 Å². The molecule has 7 unspecified atom stereocenters. The number of esters is 1. The minimum absolute atomic E-state index is 0.0142. The molecule has 0 aromatic heterocycles. The monoisotopic (exact) mass is 482 g/mol. The standard InChI is InChI=1S/C27H36N2O4.C2H6/c1-26-14-12-20-18(8-11-22-27(20,2)15-13-23(30)29-22)19(26)9-10-21(26)24(31)28-17-6-4-16(5-7-17)25(32)33-3;1-2/h4-7,18-22H,8-15H2,1-3H3,(H,28,31)(H,29,30);1-2H3. The van der Waals surface area contributed by atoms with E-state index in [4.69, 9.17) is 4.74 Å². The Morgan fingerprint density at radius 1 is 0.943 bits per heavy atom. The number of methoxy groups -OCH3 is 1. The van der Waals surface area contributed by atoms with Crippen LogP contribution < -0.4 is 10.6 Å². The molecule has 7 atom stereocenters. The summed E-state index contributed by atoms with van der Waals surface area (Å²) in [6, 6.07) is 7.24. The summed E-state index contributed by atoms with van der Waals surface area (Å²) < 4.78 is 4.75. The number of fused-ring (bicyclic) bond motifs is 5. The molecule has 1 saturated heterocycles. The van der Waals surface area contributed by atoms with Crippen LogP contribution in [-0.4, -0.2) is 30.9 Å². The summed E-state index contributed by atoms with van der Waals surface area (Å²) in [4.78, 5) is 37.1. The van der Waals surface area contributed by atoms with Crippen LogP contribution in [0.5, 0.6) is 0 Å². The lowest BCUT2D eigenvalue weighted by molar-refractivity contribution is -0.140. The van der Waals surface area contributed by atoms with E-state index in [-0.39, 0.29) is 34.5 Å².